The van der Waals surface area contributed by atoms with E-state index in [-0.39, 0.29) is 30.5 Å². The third kappa shape index (κ3) is 6.74. The Morgan fingerprint density at radius 2 is 2.07 bits per heavy atom. The Bertz CT molecular complexity index is 616. The zero-order valence-electron chi connectivity index (χ0n) is 15.4. The molecule has 1 aromatic rings. The fourth-order valence-electron chi connectivity index (χ4n) is 3.74. The molecular weight excluding hydrogens is 490 g/mol. The molecule has 154 valence electrons. The summed E-state index contributed by atoms with van der Waals surface area (Å²) in [4.78, 5) is 10.3. The van der Waals surface area contributed by atoms with E-state index in [9.17, 15) is 13.2 Å². The lowest BCUT2D eigenvalue weighted by atomic mass is 10.1. The zero-order chi connectivity index (χ0) is 18.6. The van der Waals surface area contributed by atoms with E-state index in [1.54, 1.807) is 7.05 Å². The maximum atomic E-state index is 12.6. The molecule has 3 rings (SSSR count). The van der Waals surface area contributed by atoms with Crippen LogP contribution in [0.3, 0.4) is 0 Å². The molecule has 0 amide bonds. The number of nitrogens with one attached hydrogen (secondary N) is 2. The second kappa shape index (κ2) is 10.2. The van der Waals surface area contributed by atoms with E-state index < -0.39 is 11.9 Å². The van der Waals surface area contributed by atoms with Crippen molar-refractivity contribution in [2.45, 2.75) is 50.9 Å². The number of likely N-dealkylation sites (tertiary alicyclic amines) is 1. The van der Waals surface area contributed by atoms with E-state index in [1.807, 2.05) is 0 Å². The van der Waals surface area contributed by atoms with E-state index in [4.69, 9.17) is 0 Å². The van der Waals surface area contributed by atoms with Crippen LogP contribution in [-0.2, 0) is 12.7 Å². The van der Waals surface area contributed by atoms with Crippen molar-refractivity contribution < 1.29 is 13.2 Å². The summed E-state index contributed by atoms with van der Waals surface area (Å²) in [6.07, 6.45) is 2.11. The van der Waals surface area contributed by atoms with Gasteiger partial charge in [-0.2, -0.15) is 13.2 Å². The minimum atomic E-state index is -4.39. The number of hydrogen-bond donors (Lipinski definition) is 2. The normalized spacial score (nSPS) is 22.1. The summed E-state index contributed by atoms with van der Waals surface area (Å²) in [6, 6.07) is 0.324. The average molecular weight is 517 g/mol. The number of nitrogens with zero attached hydrogens (tertiary/aromatic N) is 3. The molecule has 27 heavy (non-hydrogen) atoms. The van der Waals surface area contributed by atoms with Gasteiger partial charge in [-0.15, -0.1) is 35.3 Å². The molecule has 2 fully saturated rings. The molecule has 1 saturated heterocycles. The molecule has 1 aliphatic carbocycles. The first-order valence-corrected chi connectivity index (χ1v) is 10.0. The molecule has 5 nitrogen and oxygen atoms in total. The predicted molar refractivity (Wildman–Crippen MR) is 113 cm³/mol. The van der Waals surface area contributed by atoms with Gasteiger partial charge in [0.2, 0.25) is 0 Å². The maximum absolute atomic E-state index is 12.6. The van der Waals surface area contributed by atoms with Crippen molar-refractivity contribution in [2.75, 3.05) is 26.7 Å². The van der Waals surface area contributed by atoms with Crippen LogP contribution < -0.4 is 10.6 Å². The molecule has 1 atom stereocenters. The second-order valence-corrected chi connectivity index (χ2v) is 8.03. The van der Waals surface area contributed by atoms with Crippen LogP contribution in [0.2, 0.25) is 0 Å². The largest absolute Gasteiger partial charge is 0.434 e. The zero-order valence-corrected chi connectivity index (χ0v) is 18.5. The van der Waals surface area contributed by atoms with Crippen LogP contribution in [0.4, 0.5) is 13.2 Å². The van der Waals surface area contributed by atoms with Gasteiger partial charge < -0.3 is 15.5 Å². The fourth-order valence-corrected chi connectivity index (χ4v) is 4.48. The third-order valence-electron chi connectivity index (χ3n) is 5.08. The molecule has 0 aromatic carbocycles. The quantitative estimate of drug-likeness (QED) is 0.356. The number of halogens is 4. The Labute approximate surface area is 179 Å². The number of guanidine groups is 1. The number of alkyl halides is 3. The monoisotopic (exact) mass is 517 g/mol. The van der Waals surface area contributed by atoms with Crippen molar-refractivity contribution in [1.82, 2.24) is 20.5 Å². The van der Waals surface area contributed by atoms with Gasteiger partial charge in [0.1, 0.15) is 5.01 Å². The van der Waals surface area contributed by atoms with Crippen LogP contribution in [0.1, 0.15) is 42.8 Å². The van der Waals surface area contributed by atoms with Gasteiger partial charge >= 0.3 is 6.18 Å². The van der Waals surface area contributed by atoms with Gasteiger partial charge in [-0.25, -0.2) is 4.98 Å². The van der Waals surface area contributed by atoms with Crippen molar-refractivity contribution in [3.63, 3.8) is 0 Å². The Kier molecular flexibility index (Phi) is 8.60. The number of rotatable bonds is 5. The summed E-state index contributed by atoms with van der Waals surface area (Å²) < 4.78 is 37.8. The molecule has 2 heterocycles. The van der Waals surface area contributed by atoms with E-state index >= 15 is 0 Å². The summed E-state index contributed by atoms with van der Waals surface area (Å²) in [5, 5.41) is 7.89. The van der Waals surface area contributed by atoms with E-state index in [1.165, 1.54) is 32.2 Å². The molecule has 1 unspecified atom stereocenters. The first-order chi connectivity index (χ1) is 12.4. The van der Waals surface area contributed by atoms with E-state index in [2.05, 4.69) is 25.5 Å². The molecule has 2 N–H and O–H groups in total. The lowest BCUT2D eigenvalue weighted by Gasteiger charge is -2.21. The van der Waals surface area contributed by atoms with Gasteiger partial charge in [0.05, 0.1) is 6.54 Å². The van der Waals surface area contributed by atoms with Crippen LogP contribution in [-0.4, -0.2) is 48.6 Å². The second-order valence-electron chi connectivity index (χ2n) is 7.09. The number of aliphatic imine (C=N–C) groups is 1. The van der Waals surface area contributed by atoms with Crippen molar-refractivity contribution in [3.8, 4) is 0 Å². The van der Waals surface area contributed by atoms with Crippen LogP contribution in [0.15, 0.2) is 10.4 Å². The lowest BCUT2D eigenvalue weighted by Crippen LogP contribution is -2.44. The van der Waals surface area contributed by atoms with Gasteiger partial charge in [-0.3, -0.25) is 4.99 Å². The Hall–Kier alpha value is -0.620. The molecular formula is C17H27F3IN5S. The van der Waals surface area contributed by atoms with Crippen molar-refractivity contribution >= 4 is 41.3 Å². The third-order valence-corrected chi connectivity index (χ3v) is 5.93. The molecule has 1 aromatic heterocycles. The topological polar surface area (TPSA) is 52.6 Å². The molecule has 0 spiro atoms. The Morgan fingerprint density at radius 3 is 2.70 bits per heavy atom. The Balaban J connectivity index is 0.00000261. The highest BCUT2D eigenvalue weighted by Crippen LogP contribution is 2.30. The van der Waals surface area contributed by atoms with Gasteiger partial charge in [-0.05, 0) is 25.2 Å². The van der Waals surface area contributed by atoms with E-state index in [0.29, 0.717) is 17.0 Å². The van der Waals surface area contributed by atoms with Crippen LogP contribution in [0, 0.1) is 5.92 Å². The minimum Gasteiger partial charge on any atom is -0.352 e. The van der Waals surface area contributed by atoms with Gasteiger partial charge in [0.25, 0.3) is 0 Å². The average Bonchev–Trinajstić information content (AvgIpc) is 3.33. The summed E-state index contributed by atoms with van der Waals surface area (Å²) in [5.74, 6) is 1.46. The van der Waals surface area contributed by atoms with Gasteiger partial charge in [0.15, 0.2) is 11.7 Å². The molecule has 0 bridgehead atoms. The predicted octanol–water partition coefficient (Wildman–Crippen LogP) is 3.71. The summed E-state index contributed by atoms with van der Waals surface area (Å²) >= 11 is 1.01. The van der Waals surface area contributed by atoms with Crippen LogP contribution in [0.5, 0.6) is 0 Å². The standard InChI is InChI=1S/C17H26F3N5S.HI/c1-21-16(22-8-15-24-14(11-26-15)17(18,19)20)23-13-6-7-25(10-13)9-12-4-2-3-5-12;/h11-13H,2-10H2,1H3,(H2,21,22,23);1H. The number of aromatic nitrogens is 1. The van der Waals surface area contributed by atoms with Crippen LogP contribution in [0.25, 0.3) is 0 Å². The van der Waals surface area contributed by atoms with Crippen molar-refractivity contribution in [3.05, 3.63) is 16.1 Å². The highest BCUT2D eigenvalue weighted by Gasteiger charge is 2.33. The first-order valence-electron chi connectivity index (χ1n) is 9.15. The van der Waals surface area contributed by atoms with Crippen molar-refractivity contribution in [2.24, 2.45) is 10.9 Å². The molecule has 1 aliphatic heterocycles. The molecule has 2 aliphatic rings. The maximum Gasteiger partial charge on any atom is 0.434 e. The van der Waals surface area contributed by atoms with Crippen molar-refractivity contribution in [1.29, 1.82) is 0 Å². The fraction of sp³-hybridized carbons (Fsp3) is 0.765. The van der Waals surface area contributed by atoms with Gasteiger partial charge in [0, 0.05) is 38.1 Å². The highest BCUT2D eigenvalue weighted by atomic mass is 127. The highest BCUT2D eigenvalue weighted by molar-refractivity contribution is 14.0. The SMILES string of the molecule is CN=C(NCc1nc(C(F)(F)F)cs1)NC1CCN(CC2CCCC2)C1.I. The molecule has 0 radical (unpaired) electrons. The smallest absolute Gasteiger partial charge is 0.352 e. The number of hydrogen-bond acceptors (Lipinski definition) is 4. The van der Waals surface area contributed by atoms with Gasteiger partial charge in [-0.1, -0.05) is 12.8 Å². The number of thiazole rings is 1. The van der Waals surface area contributed by atoms with Crippen LogP contribution >= 0.6 is 35.3 Å². The first kappa shape index (κ1) is 22.7. The molecule has 10 heteroatoms. The summed E-state index contributed by atoms with van der Waals surface area (Å²) in [7, 11) is 1.67. The summed E-state index contributed by atoms with van der Waals surface area (Å²) in [6.45, 7) is 3.50. The lowest BCUT2D eigenvalue weighted by molar-refractivity contribution is -0.140. The van der Waals surface area contributed by atoms with E-state index in [0.717, 1.165) is 42.1 Å². The summed E-state index contributed by atoms with van der Waals surface area (Å²) in [5.41, 5.74) is -0.833. The molecule has 1 saturated carbocycles. The minimum absolute atomic E-state index is 0. The Morgan fingerprint density at radius 1 is 1.33 bits per heavy atom.